The summed E-state index contributed by atoms with van der Waals surface area (Å²) in [6.07, 6.45) is 0. The summed E-state index contributed by atoms with van der Waals surface area (Å²) in [6, 6.07) is 2.56. The fourth-order valence-electron chi connectivity index (χ4n) is 1.98. The normalized spacial score (nSPS) is 16.6. The number of fused-ring (bicyclic) bond motifs is 1. The second-order valence-electron chi connectivity index (χ2n) is 4.53. The van der Waals surface area contributed by atoms with Crippen LogP contribution in [0.25, 0.3) is 0 Å². The largest absolute Gasteiger partial charge is 0.756 e. The Kier molecular flexibility index (Phi) is 4.59. The Morgan fingerprint density at radius 3 is 2.86 bits per heavy atom. The summed E-state index contributed by atoms with van der Waals surface area (Å²) < 4.78 is 16.2. The Balaban J connectivity index is 2.53. The van der Waals surface area contributed by atoms with Crippen LogP contribution in [0.2, 0.25) is 0 Å². The quantitative estimate of drug-likeness (QED) is 0.663. The molecule has 0 spiro atoms. The summed E-state index contributed by atoms with van der Waals surface area (Å²) in [5, 5.41) is 21.7. The van der Waals surface area contributed by atoms with Crippen molar-refractivity contribution in [3.8, 4) is 17.2 Å². The summed E-state index contributed by atoms with van der Waals surface area (Å²) in [7, 11) is -1.22. The maximum atomic E-state index is 12.2. The van der Waals surface area contributed by atoms with Gasteiger partial charge in [-0.1, -0.05) is 0 Å². The van der Waals surface area contributed by atoms with E-state index in [4.69, 9.17) is 14.1 Å². The van der Waals surface area contributed by atoms with Crippen molar-refractivity contribution in [1.29, 1.82) is 0 Å². The van der Waals surface area contributed by atoms with E-state index in [9.17, 15) is 15.0 Å². The predicted molar refractivity (Wildman–Crippen MR) is 76.4 cm³/mol. The Morgan fingerprint density at radius 2 is 2.24 bits per heavy atom. The maximum Gasteiger partial charge on any atom is 0.566 e. The van der Waals surface area contributed by atoms with Crippen molar-refractivity contribution in [1.82, 2.24) is 5.06 Å². The second kappa shape index (κ2) is 6.23. The number of carbonyl (C=O) groups is 1. The lowest BCUT2D eigenvalue weighted by Crippen LogP contribution is -2.43. The lowest BCUT2D eigenvalue weighted by Gasteiger charge is -2.32. The third kappa shape index (κ3) is 2.91. The van der Waals surface area contributed by atoms with Gasteiger partial charge in [0.2, 0.25) is 0 Å². The van der Waals surface area contributed by atoms with Gasteiger partial charge in [0.05, 0.1) is 6.61 Å². The van der Waals surface area contributed by atoms with E-state index in [2.05, 4.69) is 0 Å². The number of nitrogens with zero attached hydrogens (tertiary/aromatic N) is 1. The molecular formula is C13H17BNO6-. The molecule has 0 saturated heterocycles. The highest BCUT2D eigenvalue weighted by Gasteiger charge is 2.37. The van der Waals surface area contributed by atoms with Crippen LogP contribution >= 0.6 is 0 Å². The number of hydrogen-bond donors (Lipinski definition) is 1. The molecule has 0 aromatic heterocycles. The summed E-state index contributed by atoms with van der Waals surface area (Å²) in [4.78, 5) is 12.2. The molecule has 1 aromatic carbocycles. The maximum absolute atomic E-state index is 12.2. The lowest BCUT2D eigenvalue weighted by atomic mass is 9.81. The molecule has 1 aliphatic heterocycles. The van der Waals surface area contributed by atoms with Crippen molar-refractivity contribution in [2.75, 3.05) is 13.2 Å². The molecular weight excluding hydrogens is 277 g/mol. The minimum Gasteiger partial charge on any atom is -0.756 e. The van der Waals surface area contributed by atoms with E-state index >= 15 is 0 Å². The number of hydrogen-bond acceptors (Lipinski definition) is 6. The van der Waals surface area contributed by atoms with Crippen LogP contribution in [0.5, 0.6) is 17.2 Å². The summed E-state index contributed by atoms with van der Waals surface area (Å²) in [5.74, 6) is -0.237. The molecule has 0 bridgehead atoms. The van der Waals surface area contributed by atoms with Crippen LogP contribution in [0.1, 0.15) is 31.1 Å². The van der Waals surface area contributed by atoms with Gasteiger partial charge in [-0.15, -0.1) is 0 Å². The van der Waals surface area contributed by atoms with Crippen molar-refractivity contribution in [3.63, 3.8) is 0 Å². The van der Waals surface area contributed by atoms with E-state index in [0.717, 1.165) is 0 Å². The van der Waals surface area contributed by atoms with Gasteiger partial charge >= 0.3 is 7.12 Å². The molecule has 0 aliphatic carbocycles. The van der Waals surface area contributed by atoms with Gasteiger partial charge < -0.3 is 29.4 Å². The minimum absolute atomic E-state index is 0.00607. The summed E-state index contributed by atoms with van der Waals surface area (Å²) in [6.45, 7) is 5.28. The van der Waals surface area contributed by atoms with Gasteiger partial charge in [0.1, 0.15) is 17.3 Å². The molecule has 7 nitrogen and oxygen atoms in total. The highest BCUT2D eigenvalue weighted by Crippen LogP contribution is 2.41. The van der Waals surface area contributed by atoms with E-state index in [1.807, 2.05) is 0 Å². The molecule has 2 rings (SSSR count). The Morgan fingerprint density at radius 1 is 1.52 bits per heavy atom. The summed E-state index contributed by atoms with van der Waals surface area (Å²) in [5.41, 5.74) is -0.0304. The molecule has 1 aromatic rings. The number of carbonyl (C=O) groups excluding carboxylic acids is 1. The first-order valence-corrected chi connectivity index (χ1v) is 6.79. The van der Waals surface area contributed by atoms with Crippen LogP contribution in [-0.4, -0.2) is 42.3 Å². The Hall–Kier alpha value is -1.93. The van der Waals surface area contributed by atoms with E-state index in [1.54, 1.807) is 32.9 Å². The van der Waals surface area contributed by atoms with Gasteiger partial charge in [-0.2, -0.15) is 0 Å². The SMILES string of the molecule is CCOc1ccc2c(c1C(=O)N([O-])CC)OB(O)C(C)O2. The minimum atomic E-state index is -1.22. The Bertz CT molecular complexity index is 538. The van der Waals surface area contributed by atoms with E-state index in [-0.39, 0.29) is 23.6 Å². The second-order valence-corrected chi connectivity index (χ2v) is 4.53. The molecule has 1 N–H and O–H groups in total. The first-order valence-electron chi connectivity index (χ1n) is 6.79. The average Bonchev–Trinajstić information content (AvgIpc) is 2.47. The molecule has 1 amide bonds. The van der Waals surface area contributed by atoms with Gasteiger partial charge in [0.25, 0.3) is 5.91 Å². The number of ether oxygens (including phenoxy) is 2. The highest BCUT2D eigenvalue weighted by molar-refractivity contribution is 6.46. The van der Waals surface area contributed by atoms with E-state index in [1.165, 1.54) is 0 Å². The van der Waals surface area contributed by atoms with Gasteiger partial charge in [0.15, 0.2) is 11.5 Å². The number of rotatable bonds is 4. The molecule has 1 atom stereocenters. The first kappa shape index (κ1) is 15.5. The molecule has 21 heavy (non-hydrogen) atoms. The third-order valence-corrected chi connectivity index (χ3v) is 3.06. The molecule has 8 heteroatoms. The van der Waals surface area contributed by atoms with Gasteiger partial charge in [-0.3, -0.25) is 4.79 Å². The fraction of sp³-hybridized carbons (Fsp3) is 0.462. The average molecular weight is 294 g/mol. The molecule has 114 valence electrons. The van der Waals surface area contributed by atoms with Crippen LogP contribution in [0, 0.1) is 5.21 Å². The van der Waals surface area contributed by atoms with E-state index < -0.39 is 19.0 Å². The molecule has 1 unspecified atom stereocenters. The van der Waals surface area contributed by atoms with Crippen molar-refractivity contribution < 1.29 is 23.9 Å². The zero-order valence-corrected chi connectivity index (χ0v) is 12.2. The van der Waals surface area contributed by atoms with Crippen LogP contribution in [0.4, 0.5) is 0 Å². The molecule has 0 fully saturated rings. The molecule has 1 heterocycles. The zero-order valence-electron chi connectivity index (χ0n) is 12.2. The van der Waals surface area contributed by atoms with Crippen molar-refractivity contribution in [2.24, 2.45) is 0 Å². The standard InChI is InChI=1S/C13H17BNO6/c1-4-15(18)13(16)11-9(19-5-2)6-7-10-12(11)21-14(17)8(3)20-10/h6-8,17H,4-5H2,1-3H3/q-1. The topological polar surface area (TPSA) is 91.3 Å². The first-order chi connectivity index (χ1) is 9.99. The van der Waals surface area contributed by atoms with E-state index in [0.29, 0.717) is 17.4 Å². The number of amides is 1. The molecule has 1 aliphatic rings. The van der Waals surface area contributed by atoms with Gasteiger partial charge in [-0.25, -0.2) is 0 Å². The molecule has 0 radical (unpaired) electrons. The van der Waals surface area contributed by atoms with Crippen molar-refractivity contribution in [3.05, 3.63) is 22.9 Å². The van der Waals surface area contributed by atoms with Crippen LogP contribution in [0.3, 0.4) is 0 Å². The van der Waals surface area contributed by atoms with Crippen molar-refractivity contribution in [2.45, 2.75) is 26.8 Å². The monoisotopic (exact) mass is 294 g/mol. The fourth-order valence-corrected chi connectivity index (χ4v) is 1.98. The molecule has 0 saturated carbocycles. The lowest BCUT2D eigenvalue weighted by molar-refractivity contribution is 0.0819. The van der Waals surface area contributed by atoms with Gasteiger partial charge in [-0.05, 0) is 32.9 Å². The number of benzene rings is 1. The van der Waals surface area contributed by atoms with Gasteiger partial charge in [0, 0.05) is 6.54 Å². The van der Waals surface area contributed by atoms with Crippen LogP contribution in [0.15, 0.2) is 12.1 Å². The zero-order chi connectivity index (χ0) is 15.6. The number of hydroxylamine groups is 2. The van der Waals surface area contributed by atoms with Crippen LogP contribution < -0.4 is 14.1 Å². The van der Waals surface area contributed by atoms with Crippen LogP contribution in [-0.2, 0) is 0 Å². The Labute approximate surface area is 123 Å². The van der Waals surface area contributed by atoms with Crippen molar-refractivity contribution >= 4 is 13.0 Å². The smallest absolute Gasteiger partial charge is 0.566 e. The predicted octanol–water partition coefficient (Wildman–Crippen LogP) is 1.22. The third-order valence-electron chi connectivity index (χ3n) is 3.06. The summed E-state index contributed by atoms with van der Waals surface area (Å²) >= 11 is 0. The highest BCUT2D eigenvalue weighted by atomic mass is 16.6.